The number of aromatic nitrogens is 1. The lowest BCUT2D eigenvalue weighted by Crippen LogP contribution is -1.88. The Hall–Kier alpha value is -2.00. The lowest BCUT2D eigenvalue weighted by atomic mass is 10.2. The number of nitrogen functional groups attached to an aromatic ring is 1. The van der Waals surface area contributed by atoms with Crippen molar-refractivity contribution in [2.45, 2.75) is 0 Å². The molecule has 0 saturated carbocycles. The lowest BCUT2D eigenvalue weighted by molar-refractivity contribution is 1.22. The molecule has 0 atom stereocenters. The Morgan fingerprint density at radius 3 is 3.08 bits per heavy atom. The summed E-state index contributed by atoms with van der Waals surface area (Å²) in [5, 5.41) is 3.35. The maximum Gasteiger partial charge on any atom is 0.123 e. The minimum absolute atomic E-state index is 0.348. The first-order chi connectivity index (χ1) is 6.33. The molecular weight excluding hydrogens is 166 g/mol. The maximum atomic E-state index is 8.00. The van der Waals surface area contributed by atoms with Crippen molar-refractivity contribution in [2.75, 3.05) is 12.3 Å². The molecule has 66 valence electrons. The highest BCUT2D eigenvalue weighted by molar-refractivity contribution is 5.49. The van der Waals surface area contributed by atoms with Crippen molar-refractivity contribution in [3.63, 3.8) is 0 Å². The summed E-state index contributed by atoms with van der Waals surface area (Å²) in [7, 11) is 0. The molecule has 0 amide bonds. The summed E-state index contributed by atoms with van der Waals surface area (Å²) in [6.45, 7) is 0.348. The van der Waals surface area contributed by atoms with Crippen LogP contribution in [0.4, 0.5) is 5.82 Å². The molecule has 13 heavy (non-hydrogen) atoms. The first kappa shape index (κ1) is 9.09. The second-order valence-electron chi connectivity index (χ2n) is 2.33. The fourth-order valence-electron chi connectivity index (χ4n) is 0.788. The van der Waals surface area contributed by atoms with E-state index in [0.29, 0.717) is 12.4 Å². The van der Waals surface area contributed by atoms with E-state index in [0.717, 1.165) is 5.56 Å². The molecule has 0 aliphatic heterocycles. The fraction of sp³-hybridized carbons (Fsp3) is 0.125. The van der Waals surface area contributed by atoms with Gasteiger partial charge in [-0.1, -0.05) is 17.3 Å². The molecule has 1 aromatic heterocycles. The van der Waals surface area contributed by atoms with Crippen molar-refractivity contribution in [3.05, 3.63) is 40.4 Å². The molecule has 5 heteroatoms. The maximum absolute atomic E-state index is 8.00. The zero-order chi connectivity index (χ0) is 9.52. The van der Waals surface area contributed by atoms with Crippen LogP contribution in [0.2, 0.25) is 0 Å². The average molecular weight is 175 g/mol. The molecule has 2 N–H and O–H groups in total. The van der Waals surface area contributed by atoms with Gasteiger partial charge in [-0.15, -0.1) is 0 Å². The number of hydrogen-bond donors (Lipinski definition) is 1. The molecular formula is C8H9N5. The highest BCUT2D eigenvalue weighted by Gasteiger charge is 1.86. The van der Waals surface area contributed by atoms with Gasteiger partial charge in [0.1, 0.15) is 5.82 Å². The molecule has 0 saturated heterocycles. The zero-order valence-electron chi connectivity index (χ0n) is 6.96. The third-order valence-electron chi connectivity index (χ3n) is 1.37. The topological polar surface area (TPSA) is 87.7 Å². The molecule has 0 fully saturated rings. The van der Waals surface area contributed by atoms with Crippen LogP contribution in [0.25, 0.3) is 16.5 Å². The molecule has 0 aromatic carbocycles. The van der Waals surface area contributed by atoms with Gasteiger partial charge in [0.2, 0.25) is 0 Å². The van der Waals surface area contributed by atoms with E-state index in [9.17, 15) is 0 Å². The van der Waals surface area contributed by atoms with Gasteiger partial charge in [-0.05, 0) is 23.2 Å². The molecule has 0 bridgehead atoms. The molecule has 0 spiro atoms. The molecule has 0 radical (unpaired) electrons. The molecule has 5 nitrogen and oxygen atoms in total. The highest BCUT2D eigenvalue weighted by atomic mass is 15.1. The second kappa shape index (κ2) is 4.79. The van der Waals surface area contributed by atoms with Crippen LogP contribution in [0.1, 0.15) is 5.56 Å². The Labute approximate surface area is 75.5 Å². The van der Waals surface area contributed by atoms with Gasteiger partial charge in [-0.3, -0.25) is 0 Å². The highest BCUT2D eigenvalue weighted by Crippen LogP contribution is 2.02. The third-order valence-corrected chi connectivity index (χ3v) is 1.37. The first-order valence-electron chi connectivity index (χ1n) is 3.72. The van der Waals surface area contributed by atoms with E-state index in [4.69, 9.17) is 11.3 Å². The SMILES string of the molecule is [N-]=[N+]=NCC=Cc1ccc(N)nc1. The van der Waals surface area contributed by atoms with Gasteiger partial charge in [0.05, 0.1) is 0 Å². The zero-order valence-corrected chi connectivity index (χ0v) is 6.96. The number of nitrogens with two attached hydrogens (primary N) is 1. The van der Waals surface area contributed by atoms with Crippen LogP contribution in [-0.2, 0) is 0 Å². The van der Waals surface area contributed by atoms with Crippen LogP contribution in [0.3, 0.4) is 0 Å². The largest absolute Gasteiger partial charge is 0.384 e. The van der Waals surface area contributed by atoms with E-state index in [1.165, 1.54) is 0 Å². The number of azide groups is 1. The summed E-state index contributed by atoms with van der Waals surface area (Å²) in [5.41, 5.74) is 14.3. The van der Waals surface area contributed by atoms with Gasteiger partial charge in [-0.25, -0.2) is 4.98 Å². The summed E-state index contributed by atoms with van der Waals surface area (Å²) in [4.78, 5) is 6.52. The summed E-state index contributed by atoms with van der Waals surface area (Å²) in [5.74, 6) is 0.493. The van der Waals surface area contributed by atoms with Gasteiger partial charge >= 0.3 is 0 Å². The normalized spacial score (nSPS) is 9.85. The van der Waals surface area contributed by atoms with Crippen LogP contribution in [0, 0.1) is 0 Å². The third kappa shape index (κ3) is 3.27. The van der Waals surface area contributed by atoms with E-state index >= 15 is 0 Å². The van der Waals surface area contributed by atoms with Crippen LogP contribution < -0.4 is 5.73 Å². The van der Waals surface area contributed by atoms with Gasteiger partial charge in [0.25, 0.3) is 0 Å². The number of anilines is 1. The van der Waals surface area contributed by atoms with E-state index in [-0.39, 0.29) is 0 Å². The minimum atomic E-state index is 0.348. The summed E-state index contributed by atoms with van der Waals surface area (Å²) in [6.07, 6.45) is 5.23. The number of pyridine rings is 1. The summed E-state index contributed by atoms with van der Waals surface area (Å²) < 4.78 is 0. The minimum Gasteiger partial charge on any atom is -0.384 e. The van der Waals surface area contributed by atoms with Crippen LogP contribution in [-0.4, -0.2) is 11.5 Å². The molecule has 1 aromatic rings. The van der Waals surface area contributed by atoms with Crippen molar-refractivity contribution in [1.29, 1.82) is 0 Å². The standard InChI is InChI=1S/C8H9N5/c9-8-4-3-7(6-11-8)2-1-5-12-13-10/h1-4,6H,5H2,(H2,9,11). The van der Waals surface area contributed by atoms with Crippen molar-refractivity contribution in [2.24, 2.45) is 5.11 Å². The predicted molar refractivity (Wildman–Crippen MR) is 51.7 cm³/mol. The van der Waals surface area contributed by atoms with E-state index in [2.05, 4.69) is 15.0 Å². The van der Waals surface area contributed by atoms with Gasteiger partial charge in [-0.2, -0.15) is 0 Å². The lowest BCUT2D eigenvalue weighted by Gasteiger charge is -1.92. The Kier molecular flexibility index (Phi) is 3.35. The van der Waals surface area contributed by atoms with Gasteiger partial charge in [0.15, 0.2) is 0 Å². The molecule has 0 aliphatic carbocycles. The molecule has 1 rings (SSSR count). The molecule has 0 unspecified atom stereocenters. The van der Waals surface area contributed by atoms with Crippen LogP contribution in [0.5, 0.6) is 0 Å². The fourth-order valence-corrected chi connectivity index (χ4v) is 0.788. The van der Waals surface area contributed by atoms with Crippen molar-refractivity contribution in [3.8, 4) is 0 Å². The Morgan fingerprint density at radius 2 is 2.46 bits per heavy atom. The second-order valence-corrected chi connectivity index (χ2v) is 2.33. The number of nitrogens with zero attached hydrogens (tertiary/aromatic N) is 4. The van der Waals surface area contributed by atoms with Crippen LogP contribution >= 0.6 is 0 Å². The average Bonchev–Trinajstić information content (AvgIpc) is 2.15. The van der Waals surface area contributed by atoms with Gasteiger partial charge < -0.3 is 5.73 Å². The Morgan fingerprint density at radius 1 is 1.62 bits per heavy atom. The van der Waals surface area contributed by atoms with E-state index in [1.54, 1.807) is 18.3 Å². The first-order valence-corrected chi connectivity index (χ1v) is 3.72. The number of hydrogen-bond acceptors (Lipinski definition) is 3. The molecule has 0 aliphatic rings. The Bertz CT molecular complexity index is 334. The monoisotopic (exact) mass is 175 g/mol. The Balaban J connectivity index is 2.58. The predicted octanol–water partition coefficient (Wildman–Crippen LogP) is 1.99. The summed E-state index contributed by atoms with van der Waals surface area (Å²) in [6, 6.07) is 3.56. The van der Waals surface area contributed by atoms with Crippen molar-refractivity contribution >= 4 is 11.9 Å². The van der Waals surface area contributed by atoms with E-state index < -0.39 is 0 Å². The smallest absolute Gasteiger partial charge is 0.123 e. The van der Waals surface area contributed by atoms with Crippen molar-refractivity contribution < 1.29 is 0 Å². The van der Waals surface area contributed by atoms with Crippen molar-refractivity contribution in [1.82, 2.24) is 4.98 Å². The van der Waals surface area contributed by atoms with Gasteiger partial charge in [0, 0.05) is 17.7 Å². The summed E-state index contributed by atoms with van der Waals surface area (Å²) >= 11 is 0. The van der Waals surface area contributed by atoms with Crippen LogP contribution in [0.15, 0.2) is 29.5 Å². The number of rotatable bonds is 3. The quantitative estimate of drug-likeness (QED) is 0.432. The van der Waals surface area contributed by atoms with E-state index in [1.807, 2.05) is 12.1 Å². The molecule has 1 heterocycles.